The van der Waals surface area contributed by atoms with Gasteiger partial charge < -0.3 is 41.1 Å². The van der Waals surface area contributed by atoms with Crippen molar-refractivity contribution < 1.29 is 33.5 Å². The van der Waals surface area contributed by atoms with Crippen molar-refractivity contribution in [1.29, 1.82) is 0 Å². The predicted octanol–water partition coefficient (Wildman–Crippen LogP) is 5.21. The summed E-state index contributed by atoms with van der Waals surface area (Å²) < 4.78 is 6.77. The van der Waals surface area contributed by atoms with Crippen LogP contribution in [0.1, 0.15) is 70.8 Å². The van der Waals surface area contributed by atoms with Gasteiger partial charge in [-0.1, -0.05) is 32.4 Å². The molecule has 3 aliphatic heterocycles. The molecule has 0 radical (unpaired) electrons. The standard InChI is InChI=1S/C48H60N10O7S/c1-32(2)44(54-41(59)10-4-3-5-24-58-42(60)19-20-43(58)61)46(63)52-38(9-8-21-49)45(62)51-35-14-11-33(12-15-35)31-65-48(64)57-27-25-55(26-28-57)36-16-17-37-39(29-36)66-47(53-37)34-13-18-40(50-30-34)56-22-6-7-23-56/h11-20,29-30,32,38,44H,3-10,21-28,31,49H2,1-2H3,(H,51,62)(H,52,63)(H,54,59)/t38-,44-/m0/s1. The Balaban J connectivity index is 0.831. The van der Waals surface area contributed by atoms with Crippen molar-refractivity contribution in [3.05, 3.63) is 78.5 Å². The van der Waals surface area contributed by atoms with Crippen molar-refractivity contribution in [2.45, 2.75) is 83.9 Å². The van der Waals surface area contributed by atoms with Gasteiger partial charge in [-0.3, -0.25) is 28.9 Å². The molecular formula is C48H60N10O7S. The molecule has 5 heterocycles. The van der Waals surface area contributed by atoms with Gasteiger partial charge in [0.2, 0.25) is 17.7 Å². The lowest BCUT2D eigenvalue weighted by molar-refractivity contribution is -0.137. The van der Waals surface area contributed by atoms with Gasteiger partial charge in [0.05, 0.1) is 10.2 Å². The van der Waals surface area contributed by atoms with E-state index < -0.39 is 30.0 Å². The number of pyridine rings is 1. The molecule has 66 heavy (non-hydrogen) atoms. The number of fused-ring (bicyclic) bond motifs is 1. The summed E-state index contributed by atoms with van der Waals surface area (Å²) in [5, 5.41) is 9.42. The van der Waals surface area contributed by atoms with E-state index in [4.69, 9.17) is 20.4 Å². The first-order valence-electron chi connectivity index (χ1n) is 23.0. The van der Waals surface area contributed by atoms with Crippen LogP contribution in [-0.2, 0) is 35.3 Å². The number of anilines is 3. The number of ether oxygens (including phenoxy) is 1. The number of nitrogens with one attached hydrogen (secondary N) is 3. The first-order valence-corrected chi connectivity index (χ1v) is 23.8. The molecule has 350 valence electrons. The Bertz CT molecular complexity index is 2360. The molecule has 2 aromatic heterocycles. The van der Waals surface area contributed by atoms with E-state index in [1.807, 2.05) is 20.0 Å². The number of hydrogen-bond donors (Lipinski definition) is 4. The van der Waals surface area contributed by atoms with Crippen LogP contribution in [0.3, 0.4) is 0 Å². The van der Waals surface area contributed by atoms with Crippen LogP contribution < -0.4 is 31.5 Å². The lowest BCUT2D eigenvalue weighted by Gasteiger charge is -2.35. The number of unbranched alkanes of at least 4 members (excludes halogenated alkanes) is 2. The number of nitrogens with zero attached hydrogens (tertiary/aromatic N) is 6. The van der Waals surface area contributed by atoms with E-state index in [1.54, 1.807) is 40.5 Å². The highest BCUT2D eigenvalue weighted by atomic mass is 32.1. The Morgan fingerprint density at radius 3 is 2.24 bits per heavy atom. The molecule has 2 aromatic carbocycles. The molecule has 2 saturated heterocycles. The van der Waals surface area contributed by atoms with E-state index in [-0.39, 0.29) is 43.2 Å². The van der Waals surface area contributed by atoms with Crippen molar-refractivity contribution in [1.82, 2.24) is 30.4 Å². The second-order valence-electron chi connectivity index (χ2n) is 17.2. The smallest absolute Gasteiger partial charge is 0.410 e. The number of carbonyl (C=O) groups is 6. The van der Waals surface area contributed by atoms with Gasteiger partial charge in [0.1, 0.15) is 29.5 Å². The van der Waals surface area contributed by atoms with Crippen LogP contribution in [0, 0.1) is 5.92 Å². The number of imide groups is 1. The molecular weight excluding hydrogens is 861 g/mol. The van der Waals surface area contributed by atoms with Crippen LogP contribution in [-0.4, -0.2) is 120 Å². The first kappa shape index (κ1) is 47.6. The van der Waals surface area contributed by atoms with E-state index >= 15 is 0 Å². The molecule has 5 N–H and O–H groups in total. The fraction of sp³-hybridized carbons (Fsp3) is 0.458. The molecule has 3 aliphatic rings. The van der Waals surface area contributed by atoms with Gasteiger partial charge in [-0.2, -0.15) is 0 Å². The maximum absolute atomic E-state index is 13.5. The molecule has 7 rings (SSSR count). The molecule has 4 aromatic rings. The molecule has 2 atom stereocenters. The molecule has 0 saturated carbocycles. The fourth-order valence-electron chi connectivity index (χ4n) is 8.19. The number of piperazine rings is 1. The van der Waals surface area contributed by atoms with Crippen LogP contribution in [0.15, 0.2) is 72.9 Å². The Kier molecular flexibility index (Phi) is 16.3. The van der Waals surface area contributed by atoms with Gasteiger partial charge in [-0.05, 0) is 99.0 Å². The molecule has 0 bridgehead atoms. The highest BCUT2D eigenvalue weighted by molar-refractivity contribution is 7.21. The predicted molar refractivity (Wildman–Crippen MR) is 255 cm³/mol. The average Bonchev–Trinajstić information content (AvgIpc) is 4.10. The summed E-state index contributed by atoms with van der Waals surface area (Å²) in [7, 11) is 0. The Morgan fingerprint density at radius 2 is 1.56 bits per heavy atom. The number of rotatable bonds is 20. The summed E-state index contributed by atoms with van der Waals surface area (Å²) in [6, 6.07) is 15.7. The highest BCUT2D eigenvalue weighted by Gasteiger charge is 2.29. The van der Waals surface area contributed by atoms with Crippen molar-refractivity contribution >= 4 is 74.4 Å². The zero-order valence-corrected chi connectivity index (χ0v) is 38.5. The maximum atomic E-state index is 13.5. The van der Waals surface area contributed by atoms with Gasteiger partial charge in [0, 0.05) is 87.5 Å². The van der Waals surface area contributed by atoms with Crippen LogP contribution >= 0.6 is 11.3 Å². The maximum Gasteiger partial charge on any atom is 0.410 e. The third-order valence-electron chi connectivity index (χ3n) is 12.1. The second-order valence-corrected chi connectivity index (χ2v) is 18.3. The van der Waals surface area contributed by atoms with E-state index in [9.17, 15) is 28.8 Å². The largest absolute Gasteiger partial charge is 0.445 e. The quantitative estimate of drug-likeness (QED) is 0.0665. The summed E-state index contributed by atoms with van der Waals surface area (Å²) >= 11 is 1.65. The Hall–Kier alpha value is -6.40. The fourth-order valence-corrected chi connectivity index (χ4v) is 9.18. The zero-order valence-electron chi connectivity index (χ0n) is 37.7. The Morgan fingerprint density at radius 1 is 0.818 bits per heavy atom. The van der Waals surface area contributed by atoms with Gasteiger partial charge in [0.15, 0.2) is 0 Å². The van der Waals surface area contributed by atoms with E-state index in [1.165, 1.54) is 29.9 Å². The third kappa shape index (κ3) is 12.5. The monoisotopic (exact) mass is 920 g/mol. The SMILES string of the molecule is CC(C)[C@H](NC(=O)CCCCCN1C(=O)C=CC1=O)C(=O)N[C@@H](CCCN)C(=O)Nc1ccc(COC(=O)N2CCN(c3ccc4nc(-c5ccc(N6CCCC6)nc5)sc4c3)CC2)cc1. The number of amides is 6. The van der Waals surface area contributed by atoms with Gasteiger partial charge >= 0.3 is 6.09 Å². The van der Waals surface area contributed by atoms with E-state index in [0.29, 0.717) is 70.5 Å². The number of carbonyl (C=O) groups excluding carboxylic acids is 6. The minimum Gasteiger partial charge on any atom is -0.445 e. The summed E-state index contributed by atoms with van der Waals surface area (Å²) in [6.45, 7) is 8.77. The molecule has 0 spiro atoms. The summed E-state index contributed by atoms with van der Waals surface area (Å²) in [4.78, 5) is 93.3. The topological polar surface area (TPSA) is 212 Å². The number of thiazole rings is 1. The molecule has 0 aliphatic carbocycles. The van der Waals surface area contributed by atoms with Crippen molar-refractivity contribution in [3.8, 4) is 10.6 Å². The normalized spacial score (nSPS) is 16.0. The third-order valence-corrected chi connectivity index (χ3v) is 13.1. The van der Waals surface area contributed by atoms with Crippen LogP contribution in [0.2, 0.25) is 0 Å². The van der Waals surface area contributed by atoms with Crippen molar-refractivity contribution in [3.63, 3.8) is 0 Å². The second kappa shape index (κ2) is 22.7. The number of benzene rings is 2. The summed E-state index contributed by atoms with van der Waals surface area (Å²) in [6.07, 6.45) is 9.09. The average molecular weight is 921 g/mol. The van der Waals surface area contributed by atoms with E-state index in [2.05, 4.69) is 56.1 Å². The molecule has 0 unspecified atom stereocenters. The van der Waals surface area contributed by atoms with Gasteiger partial charge in [-0.15, -0.1) is 11.3 Å². The molecule has 2 fully saturated rings. The number of aromatic nitrogens is 2. The minimum absolute atomic E-state index is 0.0595. The van der Waals surface area contributed by atoms with Gasteiger partial charge in [0.25, 0.3) is 11.8 Å². The highest BCUT2D eigenvalue weighted by Crippen LogP contribution is 2.33. The van der Waals surface area contributed by atoms with Crippen molar-refractivity contribution in [2.24, 2.45) is 11.7 Å². The number of hydrogen-bond acceptors (Lipinski definition) is 13. The Labute approximate surface area is 389 Å². The molecule has 17 nitrogen and oxygen atoms in total. The first-order chi connectivity index (χ1) is 31.9. The van der Waals surface area contributed by atoms with Gasteiger partial charge in [-0.25, -0.2) is 14.8 Å². The number of nitrogens with two attached hydrogens (primary N) is 1. The van der Waals surface area contributed by atoms with Crippen LogP contribution in [0.5, 0.6) is 0 Å². The van der Waals surface area contributed by atoms with Crippen LogP contribution in [0.25, 0.3) is 20.8 Å². The molecule has 18 heteroatoms. The lowest BCUT2D eigenvalue weighted by Crippen LogP contribution is -2.54. The van der Waals surface area contributed by atoms with Crippen molar-refractivity contribution in [2.75, 3.05) is 67.5 Å². The minimum atomic E-state index is -0.903. The summed E-state index contributed by atoms with van der Waals surface area (Å²) in [5.41, 5.74) is 10.0. The zero-order chi connectivity index (χ0) is 46.6. The molecule has 6 amide bonds. The van der Waals surface area contributed by atoms with E-state index in [0.717, 1.165) is 50.9 Å². The summed E-state index contributed by atoms with van der Waals surface area (Å²) in [5.74, 6) is -1.12. The lowest BCUT2D eigenvalue weighted by atomic mass is 10.0. The van der Waals surface area contributed by atoms with Crippen LogP contribution in [0.4, 0.5) is 22.0 Å².